The second-order valence-corrected chi connectivity index (χ2v) is 9.46. The van der Waals surface area contributed by atoms with Gasteiger partial charge in [0.1, 0.15) is 5.75 Å². The molecule has 0 spiro atoms. The molecule has 0 saturated heterocycles. The van der Waals surface area contributed by atoms with Crippen molar-refractivity contribution in [2.24, 2.45) is 0 Å². The van der Waals surface area contributed by atoms with Gasteiger partial charge in [0.2, 0.25) is 0 Å². The topological polar surface area (TPSA) is 12.5 Å². The van der Waals surface area contributed by atoms with Gasteiger partial charge in [-0.2, -0.15) is 0 Å². The summed E-state index contributed by atoms with van der Waals surface area (Å²) in [6.07, 6.45) is 16.0. The molecule has 1 atom stereocenters. The summed E-state index contributed by atoms with van der Waals surface area (Å²) in [6.45, 7) is 7.57. The third-order valence-electron chi connectivity index (χ3n) is 6.70. The van der Waals surface area contributed by atoms with Crippen LogP contribution in [-0.2, 0) is 12.8 Å². The van der Waals surface area contributed by atoms with Gasteiger partial charge >= 0.3 is 0 Å². The van der Waals surface area contributed by atoms with E-state index in [0.29, 0.717) is 6.10 Å². The lowest BCUT2D eigenvalue weighted by molar-refractivity contribution is 0.177. The van der Waals surface area contributed by atoms with E-state index in [-0.39, 0.29) is 0 Å². The Balaban J connectivity index is 1.23. The van der Waals surface area contributed by atoms with Crippen molar-refractivity contribution < 1.29 is 4.74 Å². The van der Waals surface area contributed by atoms with E-state index in [1.807, 2.05) is 0 Å². The molecular formula is C30H37NO. The van der Waals surface area contributed by atoms with Crippen molar-refractivity contribution in [2.75, 3.05) is 18.5 Å². The summed E-state index contributed by atoms with van der Waals surface area (Å²) in [5, 5.41) is 0. The van der Waals surface area contributed by atoms with Crippen molar-refractivity contribution in [2.45, 2.75) is 64.4 Å². The summed E-state index contributed by atoms with van der Waals surface area (Å²) in [5.41, 5.74) is 8.30. The van der Waals surface area contributed by atoms with Gasteiger partial charge < -0.3 is 9.64 Å². The first-order chi connectivity index (χ1) is 15.6. The zero-order valence-electron chi connectivity index (χ0n) is 19.8. The molecule has 168 valence electrons. The van der Waals surface area contributed by atoms with Gasteiger partial charge in [0.05, 0.1) is 6.10 Å². The molecule has 1 aliphatic carbocycles. The molecule has 0 saturated carbocycles. The van der Waals surface area contributed by atoms with Gasteiger partial charge in [0, 0.05) is 19.3 Å². The minimum atomic E-state index is 0.325. The van der Waals surface area contributed by atoms with E-state index in [9.17, 15) is 0 Å². The summed E-state index contributed by atoms with van der Waals surface area (Å²) in [5.74, 6) is 0.999. The lowest BCUT2D eigenvalue weighted by Gasteiger charge is -2.21. The maximum Gasteiger partial charge on any atom is 0.119 e. The molecule has 4 rings (SSSR count). The molecule has 2 aliphatic rings. The van der Waals surface area contributed by atoms with Gasteiger partial charge in [-0.1, -0.05) is 65.8 Å². The predicted octanol–water partition coefficient (Wildman–Crippen LogP) is 7.37. The third-order valence-corrected chi connectivity index (χ3v) is 6.70. The molecule has 0 aromatic heterocycles. The molecule has 2 aromatic rings. The molecule has 0 fully saturated rings. The van der Waals surface area contributed by atoms with E-state index in [0.717, 1.165) is 50.8 Å². The van der Waals surface area contributed by atoms with Crippen molar-refractivity contribution in [1.82, 2.24) is 0 Å². The average molecular weight is 428 g/mol. The highest BCUT2D eigenvalue weighted by molar-refractivity contribution is 5.58. The number of anilines is 1. The number of aryl methyl sites for hydroxylation is 1. The summed E-state index contributed by atoms with van der Waals surface area (Å²) in [7, 11) is 2.18. The van der Waals surface area contributed by atoms with Crippen LogP contribution in [0.2, 0.25) is 0 Å². The second-order valence-electron chi connectivity index (χ2n) is 9.46. The van der Waals surface area contributed by atoms with Crippen LogP contribution in [0.4, 0.5) is 5.69 Å². The van der Waals surface area contributed by atoms with Gasteiger partial charge in [-0.15, -0.1) is 0 Å². The molecule has 2 nitrogen and oxygen atoms in total. The predicted molar refractivity (Wildman–Crippen MR) is 137 cm³/mol. The van der Waals surface area contributed by atoms with Crippen molar-refractivity contribution >= 4 is 5.69 Å². The highest BCUT2D eigenvalue weighted by atomic mass is 16.5. The quantitative estimate of drug-likeness (QED) is 0.338. The monoisotopic (exact) mass is 427 g/mol. The molecule has 0 N–H and O–H groups in total. The number of benzene rings is 2. The third kappa shape index (κ3) is 6.16. The lowest BCUT2D eigenvalue weighted by atomic mass is 9.94. The number of hydrogen-bond acceptors (Lipinski definition) is 2. The fraction of sp³-hybridized carbons (Fsp3) is 0.400. The molecule has 32 heavy (non-hydrogen) atoms. The van der Waals surface area contributed by atoms with E-state index in [2.05, 4.69) is 86.1 Å². The molecule has 1 heterocycles. The lowest BCUT2D eigenvalue weighted by Crippen LogP contribution is -2.17. The Labute approximate surface area is 194 Å². The van der Waals surface area contributed by atoms with Crippen LogP contribution in [0.3, 0.4) is 0 Å². The maximum absolute atomic E-state index is 6.23. The first-order valence-electron chi connectivity index (χ1n) is 12.2. The SMILES string of the molecule is C=C(/C=C/Cc1ccc2c(c1)CCN2C)C/C1=C/CCC(Oc2ccc(C)cc2)CCC1. The van der Waals surface area contributed by atoms with Crippen LogP contribution in [0.25, 0.3) is 0 Å². The van der Waals surface area contributed by atoms with E-state index >= 15 is 0 Å². The first-order valence-corrected chi connectivity index (χ1v) is 12.2. The summed E-state index contributed by atoms with van der Waals surface area (Å²) in [4.78, 5) is 2.34. The molecule has 0 radical (unpaired) electrons. The number of allylic oxidation sites excluding steroid dienone is 5. The smallest absolute Gasteiger partial charge is 0.119 e. The standard InChI is InChI=1S/C30H37NO/c1-23-13-16-29(17-14-23)32-28-11-5-9-25(10-6-12-28)21-24(2)7-4-8-26-15-18-30-27(22-26)19-20-31(30)3/h4,7,9,13-18,22,28H,2,5-6,8,10-12,19-21H2,1,3H3/b7-4+,25-9+. The Morgan fingerprint density at radius 1 is 1.12 bits per heavy atom. The van der Waals surface area contributed by atoms with Crippen molar-refractivity contribution in [3.05, 3.63) is 95.1 Å². The van der Waals surface area contributed by atoms with E-state index in [4.69, 9.17) is 4.74 Å². The van der Waals surface area contributed by atoms with Crippen LogP contribution in [0, 0.1) is 6.92 Å². The Morgan fingerprint density at radius 2 is 1.97 bits per heavy atom. The molecule has 0 amide bonds. The maximum atomic E-state index is 6.23. The van der Waals surface area contributed by atoms with Crippen molar-refractivity contribution in [3.63, 3.8) is 0 Å². The normalized spacial score (nSPS) is 20.4. The number of hydrogen-bond donors (Lipinski definition) is 0. The minimum Gasteiger partial charge on any atom is -0.490 e. The largest absolute Gasteiger partial charge is 0.490 e. The molecule has 1 aliphatic heterocycles. The highest BCUT2D eigenvalue weighted by Crippen LogP contribution is 2.28. The number of nitrogens with zero attached hydrogens (tertiary/aromatic N) is 1. The van der Waals surface area contributed by atoms with Gasteiger partial charge in [0.15, 0.2) is 0 Å². The van der Waals surface area contributed by atoms with Crippen LogP contribution >= 0.6 is 0 Å². The van der Waals surface area contributed by atoms with Gasteiger partial charge in [0.25, 0.3) is 0 Å². The Hall–Kier alpha value is -2.74. The van der Waals surface area contributed by atoms with Crippen molar-refractivity contribution in [3.8, 4) is 5.75 Å². The number of ether oxygens (including phenoxy) is 1. The van der Waals surface area contributed by atoms with Gasteiger partial charge in [-0.3, -0.25) is 0 Å². The second kappa shape index (κ2) is 10.7. The zero-order valence-corrected chi connectivity index (χ0v) is 19.8. The van der Waals surface area contributed by atoms with Crippen molar-refractivity contribution in [1.29, 1.82) is 0 Å². The molecule has 0 bridgehead atoms. The van der Waals surface area contributed by atoms with E-state index in [1.54, 1.807) is 0 Å². The summed E-state index contributed by atoms with van der Waals surface area (Å²) >= 11 is 0. The fourth-order valence-electron chi connectivity index (χ4n) is 4.82. The summed E-state index contributed by atoms with van der Waals surface area (Å²) in [6, 6.07) is 15.3. The van der Waals surface area contributed by atoms with Gasteiger partial charge in [-0.25, -0.2) is 0 Å². The fourth-order valence-corrected chi connectivity index (χ4v) is 4.82. The average Bonchev–Trinajstić information content (AvgIpc) is 3.13. The molecule has 1 unspecified atom stereocenters. The van der Waals surface area contributed by atoms with Crippen LogP contribution in [0.5, 0.6) is 5.75 Å². The van der Waals surface area contributed by atoms with Crippen LogP contribution < -0.4 is 9.64 Å². The molecule has 2 heteroatoms. The van der Waals surface area contributed by atoms with E-state index in [1.165, 1.54) is 46.4 Å². The first kappa shape index (κ1) is 22.5. The Bertz CT molecular complexity index is 982. The molecule has 2 aromatic carbocycles. The number of rotatable bonds is 7. The van der Waals surface area contributed by atoms with Gasteiger partial charge in [-0.05, 0) is 87.6 Å². The molecular weight excluding hydrogens is 390 g/mol. The number of likely N-dealkylation sites (N-methyl/N-ethyl adjacent to an activating group) is 1. The Kier molecular flexibility index (Phi) is 7.52. The summed E-state index contributed by atoms with van der Waals surface area (Å²) < 4.78 is 6.23. The Morgan fingerprint density at radius 3 is 2.81 bits per heavy atom. The van der Waals surface area contributed by atoms with Crippen LogP contribution in [0.1, 0.15) is 55.2 Å². The highest BCUT2D eigenvalue weighted by Gasteiger charge is 2.15. The van der Waals surface area contributed by atoms with Crippen LogP contribution in [0.15, 0.2) is 78.4 Å². The zero-order chi connectivity index (χ0) is 22.3. The minimum absolute atomic E-state index is 0.325. The number of fused-ring (bicyclic) bond motifs is 1. The van der Waals surface area contributed by atoms with E-state index < -0.39 is 0 Å². The van der Waals surface area contributed by atoms with Crippen LogP contribution in [-0.4, -0.2) is 19.7 Å².